The Morgan fingerprint density at radius 2 is 1.97 bits per heavy atom. The summed E-state index contributed by atoms with van der Waals surface area (Å²) in [6, 6.07) is 12.7. The third-order valence-corrected chi connectivity index (χ3v) is 5.77. The summed E-state index contributed by atoms with van der Waals surface area (Å²) in [5.74, 6) is 0.583. The van der Waals surface area contributed by atoms with Crippen LogP contribution in [0.4, 0.5) is 5.82 Å². The molecule has 31 heavy (non-hydrogen) atoms. The Labute approximate surface area is 188 Å². The van der Waals surface area contributed by atoms with Gasteiger partial charge in [-0.15, -0.1) is 0 Å². The minimum Gasteiger partial charge on any atom is -0.493 e. The molecule has 2 aromatic carbocycles. The molecule has 0 unspecified atom stereocenters. The molecule has 0 radical (unpaired) electrons. The predicted molar refractivity (Wildman–Crippen MR) is 120 cm³/mol. The lowest BCUT2D eigenvalue weighted by Crippen LogP contribution is -2.28. The second-order valence-corrected chi connectivity index (χ2v) is 8.12. The minimum atomic E-state index is -0.629. The Morgan fingerprint density at radius 3 is 2.65 bits per heavy atom. The van der Waals surface area contributed by atoms with Gasteiger partial charge in [0.05, 0.1) is 31.0 Å². The first-order chi connectivity index (χ1) is 14.9. The van der Waals surface area contributed by atoms with Gasteiger partial charge in [0.1, 0.15) is 5.82 Å². The fraction of sp³-hybridized carbons (Fsp3) is 0.261. The van der Waals surface area contributed by atoms with Gasteiger partial charge < -0.3 is 14.8 Å². The van der Waals surface area contributed by atoms with E-state index in [1.54, 1.807) is 22.9 Å². The molecule has 0 fully saturated rings. The molecule has 1 atom stereocenters. The summed E-state index contributed by atoms with van der Waals surface area (Å²) in [7, 11) is 1.53. The monoisotopic (exact) mass is 483 g/mol. The van der Waals surface area contributed by atoms with E-state index in [-0.39, 0.29) is 18.1 Å². The molecule has 8 heteroatoms. The van der Waals surface area contributed by atoms with Crippen molar-refractivity contribution in [3.63, 3.8) is 0 Å². The zero-order valence-electron chi connectivity index (χ0n) is 17.4. The van der Waals surface area contributed by atoms with Crippen LogP contribution in [0.1, 0.15) is 40.9 Å². The molecule has 1 aliphatic rings. The molecule has 0 bridgehead atoms. The van der Waals surface area contributed by atoms with Crippen molar-refractivity contribution in [3.05, 3.63) is 63.8 Å². The highest BCUT2D eigenvalue weighted by molar-refractivity contribution is 9.10. The van der Waals surface area contributed by atoms with Crippen LogP contribution in [-0.4, -0.2) is 35.2 Å². The molecule has 160 valence electrons. The SMILES string of the molecule is CCOc1ccc(C(=O)[C@@H]2CC(=O)Nc3c2c(C)nn3-c2ccc(Br)cc2)cc1OC. The molecule has 0 spiro atoms. The van der Waals surface area contributed by atoms with Gasteiger partial charge in [0.2, 0.25) is 5.91 Å². The van der Waals surface area contributed by atoms with Crippen LogP contribution in [0, 0.1) is 6.92 Å². The zero-order chi connectivity index (χ0) is 22.1. The number of halogens is 1. The number of Topliss-reactive ketones (excluding diaryl/α,β-unsaturated/α-hetero) is 1. The topological polar surface area (TPSA) is 82.5 Å². The van der Waals surface area contributed by atoms with E-state index in [9.17, 15) is 9.59 Å². The predicted octanol–water partition coefficient (Wildman–Crippen LogP) is 4.66. The van der Waals surface area contributed by atoms with E-state index >= 15 is 0 Å². The van der Waals surface area contributed by atoms with Crippen LogP contribution in [0.2, 0.25) is 0 Å². The molecular formula is C23H22BrN3O4. The molecular weight excluding hydrogens is 462 g/mol. The summed E-state index contributed by atoms with van der Waals surface area (Å²) >= 11 is 3.43. The van der Waals surface area contributed by atoms with Crippen molar-refractivity contribution in [1.82, 2.24) is 9.78 Å². The van der Waals surface area contributed by atoms with Crippen molar-refractivity contribution in [2.45, 2.75) is 26.2 Å². The number of nitrogens with one attached hydrogen (secondary N) is 1. The van der Waals surface area contributed by atoms with E-state index in [1.165, 1.54) is 7.11 Å². The molecule has 7 nitrogen and oxygen atoms in total. The summed E-state index contributed by atoms with van der Waals surface area (Å²) < 4.78 is 13.5. The summed E-state index contributed by atoms with van der Waals surface area (Å²) in [4.78, 5) is 26.0. The number of anilines is 1. The van der Waals surface area contributed by atoms with Gasteiger partial charge in [-0.1, -0.05) is 15.9 Å². The zero-order valence-corrected chi connectivity index (χ0v) is 19.0. The average molecular weight is 484 g/mol. The van der Waals surface area contributed by atoms with Gasteiger partial charge in [0.25, 0.3) is 0 Å². The molecule has 0 saturated carbocycles. The summed E-state index contributed by atoms with van der Waals surface area (Å²) in [5.41, 5.74) is 2.69. The Balaban J connectivity index is 1.76. The van der Waals surface area contributed by atoms with Crippen LogP contribution in [-0.2, 0) is 4.79 Å². The van der Waals surface area contributed by atoms with Crippen molar-refractivity contribution < 1.29 is 19.1 Å². The smallest absolute Gasteiger partial charge is 0.226 e. The van der Waals surface area contributed by atoms with E-state index in [0.717, 1.165) is 15.7 Å². The highest BCUT2D eigenvalue weighted by Gasteiger charge is 2.36. The maximum atomic E-state index is 13.5. The van der Waals surface area contributed by atoms with Crippen molar-refractivity contribution >= 4 is 33.4 Å². The lowest BCUT2D eigenvalue weighted by Gasteiger charge is -2.23. The molecule has 3 aromatic rings. The normalized spacial score (nSPS) is 15.2. The standard InChI is InChI=1S/C23H22BrN3O4/c1-4-31-18-10-5-14(11-19(18)30-3)22(29)17-12-20(28)25-23-21(17)13(2)26-27(23)16-8-6-15(24)7-9-16/h5-11,17H,4,12H2,1-3H3,(H,25,28)/t17-/m1/s1. The van der Waals surface area contributed by atoms with E-state index in [0.29, 0.717) is 35.2 Å². The van der Waals surface area contributed by atoms with Crippen LogP contribution in [0.15, 0.2) is 46.9 Å². The second kappa shape index (κ2) is 8.55. The molecule has 2 heterocycles. The van der Waals surface area contributed by atoms with Crippen LogP contribution in [0.3, 0.4) is 0 Å². The first kappa shape index (κ1) is 21.1. The first-order valence-corrected chi connectivity index (χ1v) is 10.7. The number of benzene rings is 2. The highest BCUT2D eigenvalue weighted by atomic mass is 79.9. The van der Waals surface area contributed by atoms with Crippen molar-refractivity contribution in [3.8, 4) is 17.2 Å². The molecule has 1 aliphatic heterocycles. The molecule has 1 amide bonds. The Kier molecular flexibility index (Phi) is 5.82. The lowest BCUT2D eigenvalue weighted by molar-refractivity contribution is -0.116. The van der Waals surface area contributed by atoms with Gasteiger partial charge in [-0.05, 0) is 56.3 Å². The lowest BCUT2D eigenvalue weighted by atomic mass is 9.85. The Morgan fingerprint density at radius 1 is 1.23 bits per heavy atom. The van der Waals surface area contributed by atoms with Crippen molar-refractivity contribution in [1.29, 1.82) is 0 Å². The van der Waals surface area contributed by atoms with Gasteiger partial charge in [0, 0.05) is 22.0 Å². The average Bonchev–Trinajstić information content (AvgIpc) is 3.09. The number of methoxy groups -OCH3 is 1. The maximum absolute atomic E-state index is 13.5. The van der Waals surface area contributed by atoms with Crippen molar-refractivity contribution in [2.75, 3.05) is 19.0 Å². The van der Waals surface area contributed by atoms with E-state index in [2.05, 4.69) is 26.3 Å². The molecule has 1 N–H and O–H groups in total. The van der Waals surface area contributed by atoms with Gasteiger partial charge in [-0.25, -0.2) is 4.68 Å². The quantitative estimate of drug-likeness (QED) is 0.515. The van der Waals surface area contributed by atoms with Crippen LogP contribution in [0.5, 0.6) is 11.5 Å². The summed E-state index contributed by atoms with van der Waals surface area (Å²) in [6.07, 6.45) is 0.0637. The number of ketones is 1. The number of amides is 1. The molecule has 1 aromatic heterocycles. The third kappa shape index (κ3) is 3.95. The number of carbonyl (C=O) groups excluding carboxylic acids is 2. The number of nitrogens with zero attached hydrogens (tertiary/aromatic N) is 2. The van der Waals surface area contributed by atoms with Crippen LogP contribution >= 0.6 is 15.9 Å². The maximum Gasteiger partial charge on any atom is 0.226 e. The highest BCUT2D eigenvalue weighted by Crippen LogP contribution is 2.39. The number of hydrogen-bond donors (Lipinski definition) is 1. The number of carbonyl (C=O) groups is 2. The van der Waals surface area contributed by atoms with Crippen molar-refractivity contribution in [2.24, 2.45) is 0 Å². The minimum absolute atomic E-state index is 0.0637. The van der Waals surface area contributed by atoms with Gasteiger partial charge in [-0.3, -0.25) is 9.59 Å². The molecule has 0 saturated heterocycles. The number of ether oxygens (including phenoxy) is 2. The molecule has 4 rings (SSSR count). The fourth-order valence-electron chi connectivity index (χ4n) is 3.84. The third-order valence-electron chi connectivity index (χ3n) is 5.24. The van der Waals surface area contributed by atoms with Gasteiger partial charge >= 0.3 is 0 Å². The number of aryl methyl sites for hydroxylation is 1. The fourth-order valence-corrected chi connectivity index (χ4v) is 4.10. The molecule has 0 aliphatic carbocycles. The Bertz CT molecular complexity index is 1150. The van der Waals surface area contributed by atoms with Crippen LogP contribution in [0.25, 0.3) is 5.69 Å². The van der Waals surface area contributed by atoms with Gasteiger partial charge in [0.15, 0.2) is 17.3 Å². The summed E-state index contributed by atoms with van der Waals surface area (Å²) in [5, 5.41) is 7.51. The van der Waals surface area contributed by atoms with E-state index < -0.39 is 5.92 Å². The second-order valence-electron chi connectivity index (χ2n) is 7.20. The number of hydrogen-bond acceptors (Lipinski definition) is 5. The van der Waals surface area contributed by atoms with E-state index in [4.69, 9.17) is 9.47 Å². The number of fused-ring (bicyclic) bond motifs is 1. The van der Waals surface area contributed by atoms with Crippen LogP contribution < -0.4 is 14.8 Å². The number of aromatic nitrogens is 2. The summed E-state index contributed by atoms with van der Waals surface area (Å²) in [6.45, 7) is 4.22. The first-order valence-electron chi connectivity index (χ1n) is 9.93. The Hall–Kier alpha value is -3.13. The van der Waals surface area contributed by atoms with Gasteiger partial charge in [-0.2, -0.15) is 5.10 Å². The largest absolute Gasteiger partial charge is 0.493 e. The number of rotatable bonds is 6. The van der Waals surface area contributed by atoms with E-state index in [1.807, 2.05) is 38.1 Å².